The summed E-state index contributed by atoms with van der Waals surface area (Å²) in [5, 5.41) is 4.42. The van der Waals surface area contributed by atoms with E-state index in [4.69, 9.17) is 9.47 Å². The minimum atomic E-state index is -0.465. The Labute approximate surface area is 172 Å². The highest BCUT2D eigenvalue weighted by Crippen LogP contribution is 2.22. The third-order valence-corrected chi connectivity index (χ3v) is 4.99. The van der Waals surface area contributed by atoms with E-state index in [0.29, 0.717) is 36.2 Å². The van der Waals surface area contributed by atoms with Crippen LogP contribution in [0.25, 0.3) is 17.2 Å². The first-order valence-corrected chi connectivity index (χ1v) is 9.50. The molecule has 9 nitrogen and oxygen atoms in total. The zero-order chi connectivity index (χ0) is 21.1. The third kappa shape index (κ3) is 3.99. The number of ether oxygens (including phenoxy) is 2. The minimum absolute atomic E-state index is 0.0443. The standard InChI is InChI=1S/C20H21FN6O3/c1-29-15-7-9-26(10-8-15)20(28)18-24-19(16-5-3-13(21)11-22-16)27(25-18)14-4-6-17(30-2)23-12-14/h3-6,11-12,15H,7-10H2,1-2H3. The van der Waals surface area contributed by atoms with Crippen LogP contribution in [-0.4, -0.2) is 69.0 Å². The quantitative estimate of drug-likeness (QED) is 0.633. The number of hydrogen-bond donors (Lipinski definition) is 0. The number of hydrogen-bond acceptors (Lipinski definition) is 7. The molecule has 0 unspecified atom stereocenters. The summed E-state index contributed by atoms with van der Waals surface area (Å²) >= 11 is 0. The third-order valence-electron chi connectivity index (χ3n) is 4.99. The first-order chi connectivity index (χ1) is 14.6. The molecule has 10 heteroatoms. The lowest BCUT2D eigenvalue weighted by molar-refractivity contribution is 0.0344. The van der Waals surface area contributed by atoms with Gasteiger partial charge in [0.1, 0.15) is 11.5 Å². The number of carbonyl (C=O) groups excluding carboxylic acids is 1. The fraction of sp³-hybridized carbons (Fsp3) is 0.350. The molecule has 0 saturated carbocycles. The van der Waals surface area contributed by atoms with Crippen molar-refractivity contribution in [1.82, 2.24) is 29.6 Å². The molecule has 4 heterocycles. The van der Waals surface area contributed by atoms with E-state index in [9.17, 15) is 9.18 Å². The molecule has 0 aliphatic carbocycles. The Kier molecular flexibility index (Phi) is 5.66. The first kappa shape index (κ1) is 19.9. The van der Waals surface area contributed by atoms with Crippen LogP contribution in [-0.2, 0) is 4.74 Å². The lowest BCUT2D eigenvalue weighted by Crippen LogP contribution is -2.41. The Morgan fingerprint density at radius 1 is 1.10 bits per heavy atom. The second-order valence-electron chi connectivity index (χ2n) is 6.82. The van der Waals surface area contributed by atoms with Gasteiger partial charge in [0.15, 0.2) is 5.82 Å². The van der Waals surface area contributed by atoms with E-state index in [1.165, 1.54) is 23.9 Å². The molecular formula is C20H21FN6O3. The summed E-state index contributed by atoms with van der Waals surface area (Å²) in [7, 11) is 3.20. The second kappa shape index (κ2) is 8.54. The summed E-state index contributed by atoms with van der Waals surface area (Å²) in [6, 6.07) is 6.19. The number of aromatic nitrogens is 5. The van der Waals surface area contributed by atoms with E-state index in [0.717, 1.165) is 19.0 Å². The predicted molar refractivity (Wildman–Crippen MR) is 105 cm³/mol. The van der Waals surface area contributed by atoms with Gasteiger partial charge in [0.2, 0.25) is 11.7 Å². The van der Waals surface area contributed by atoms with Gasteiger partial charge in [-0.1, -0.05) is 0 Å². The van der Waals surface area contributed by atoms with Crippen LogP contribution >= 0.6 is 0 Å². The Morgan fingerprint density at radius 2 is 1.90 bits per heavy atom. The number of nitrogens with zero attached hydrogens (tertiary/aromatic N) is 6. The van der Waals surface area contributed by atoms with Gasteiger partial charge in [-0.05, 0) is 31.0 Å². The SMILES string of the molecule is COc1ccc(-n2nc(C(=O)N3CCC(OC)CC3)nc2-c2ccc(F)cn2)cn1. The van der Waals surface area contributed by atoms with Crippen LogP contribution < -0.4 is 4.74 Å². The molecule has 0 spiro atoms. The molecule has 1 aliphatic heterocycles. The number of methoxy groups -OCH3 is 2. The van der Waals surface area contributed by atoms with Crippen LogP contribution in [0.2, 0.25) is 0 Å². The summed E-state index contributed by atoms with van der Waals surface area (Å²) in [5.41, 5.74) is 0.957. The lowest BCUT2D eigenvalue weighted by Gasteiger charge is -2.30. The molecule has 0 bridgehead atoms. The topological polar surface area (TPSA) is 95.3 Å². The first-order valence-electron chi connectivity index (χ1n) is 9.50. The Bertz CT molecular complexity index is 1010. The Balaban J connectivity index is 1.70. The number of likely N-dealkylation sites (tertiary alicyclic amines) is 1. The van der Waals surface area contributed by atoms with Gasteiger partial charge in [0, 0.05) is 26.3 Å². The number of carbonyl (C=O) groups is 1. The van der Waals surface area contributed by atoms with Gasteiger partial charge in [-0.25, -0.2) is 24.0 Å². The number of rotatable bonds is 5. The molecule has 0 radical (unpaired) electrons. The molecule has 0 atom stereocenters. The largest absolute Gasteiger partial charge is 0.481 e. The van der Waals surface area contributed by atoms with E-state index in [1.807, 2.05) is 0 Å². The predicted octanol–water partition coefficient (Wildman–Crippen LogP) is 2.12. The number of amides is 1. The van der Waals surface area contributed by atoms with Crippen molar-refractivity contribution in [1.29, 1.82) is 0 Å². The summed E-state index contributed by atoms with van der Waals surface area (Å²) < 4.78 is 25.3. The average Bonchev–Trinajstić information content (AvgIpc) is 3.24. The number of pyridine rings is 2. The zero-order valence-electron chi connectivity index (χ0n) is 16.7. The van der Waals surface area contributed by atoms with Crippen molar-refractivity contribution < 1.29 is 18.7 Å². The molecule has 4 rings (SSSR count). The summed E-state index contributed by atoms with van der Waals surface area (Å²) in [6.45, 7) is 1.14. The zero-order valence-corrected chi connectivity index (χ0v) is 16.7. The number of halogens is 1. The van der Waals surface area contributed by atoms with Gasteiger partial charge in [-0.2, -0.15) is 0 Å². The van der Waals surface area contributed by atoms with E-state index in [-0.39, 0.29) is 17.8 Å². The van der Waals surface area contributed by atoms with Gasteiger partial charge in [-0.15, -0.1) is 5.10 Å². The fourth-order valence-corrected chi connectivity index (χ4v) is 3.31. The van der Waals surface area contributed by atoms with E-state index in [2.05, 4.69) is 20.1 Å². The Hall–Kier alpha value is -3.40. The molecule has 1 aliphatic rings. The maximum Gasteiger partial charge on any atom is 0.293 e. The van der Waals surface area contributed by atoms with Crippen LogP contribution in [0, 0.1) is 5.82 Å². The highest BCUT2D eigenvalue weighted by atomic mass is 19.1. The van der Waals surface area contributed by atoms with Crippen LogP contribution in [0.3, 0.4) is 0 Å². The van der Waals surface area contributed by atoms with Crippen LogP contribution in [0.15, 0.2) is 36.7 Å². The molecule has 156 valence electrons. The molecule has 1 fully saturated rings. The fourth-order valence-electron chi connectivity index (χ4n) is 3.31. The molecule has 1 amide bonds. The minimum Gasteiger partial charge on any atom is -0.481 e. The van der Waals surface area contributed by atoms with Gasteiger partial charge >= 0.3 is 0 Å². The second-order valence-corrected chi connectivity index (χ2v) is 6.82. The van der Waals surface area contributed by atoms with Crippen LogP contribution in [0.4, 0.5) is 4.39 Å². The average molecular weight is 412 g/mol. The highest BCUT2D eigenvalue weighted by Gasteiger charge is 2.27. The molecular weight excluding hydrogens is 391 g/mol. The van der Waals surface area contributed by atoms with Crippen LogP contribution in [0.5, 0.6) is 5.88 Å². The smallest absolute Gasteiger partial charge is 0.293 e. The Morgan fingerprint density at radius 3 is 2.50 bits per heavy atom. The monoisotopic (exact) mass is 412 g/mol. The van der Waals surface area contributed by atoms with Crippen molar-refractivity contribution >= 4 is 5.91 Å². The lowest BCUT2D eigenvalue weighted by atomic mass is 10.1. The summed E-state index contributed by atoms with van der Waals surface area (Å²) in [5.74, 6) is 0.0684. The molecule has 3 aromatic heterocycles. The molecule has 0 N–H and O–H groups in total. The van der Waals surface area contributed by atoms with Crippen molar-refractivity contribution in [3.63, 3.8) is 0 Å². The van der Waals surface area contributed by atoms with Crippen molar-refractivity contribution in [3.8, 4) is 23.1 Å². The van der Waals surface area contributed by atoms with Crippen LogP contribution in [0.1, 0.15) is 23.5 Å². The van der Waals surface area contributed by atoms with Crippen molar-refractivity contribution in [2.75, 3.05) is 27.3 Å². The number of piperidine rings is 1. The molecule has 3 aromatic rings. The van der Waals surface area contributed by atoms with Gasteiger partial charge in [0.25, 0.3) is 5.91 Å². The van der Waals surface area contributed by atoms with E-state index in [1.54, 1.807) is 30.3 Å². The van der Waals surface area contributed by atoms with E-state index >= 15 is 0 Å². The van der Waals surface area contributed by atoms with Crippen molar-refractivity contribution in [3.05, 3.63) is 48.3 Å². The van der Waals surface area contributed by atoms with Gasteiger partial charge in [0.05, 0.1) is 31.3 Å². The van der Waals surface area contributed by atoms with Crippen molar-refractivity contribution in [2.24, 2.45) is 0 Å². The van der Waals surface area contributed by atoms with Crippen molar-refractivity contribution in [2.45, 2.75) is 18.9 Å². The molecule has 1 saturated heterocycles. The summed E-state index contributed by atoms with van der Waals surface area (Å²) in [6.07, 6.45) is 4.33. The van der Waals surface area contributed by atoms with Gasteiger partial charge < -0.3 is 14.4 Å². The maximum absolute atomic E-state index is 13.3. The van der Waals surface area contributed by atoms with E-state index < -0.39 is 5.82 Å². The molecule has 0 aromatic carbocycles. The van der Waals surface area contributed by atoms with Gasteiger partial charge in [-0.3, -0.25) is 4.79 Å². The molecule has 30 heavy (non-hydrogen) atoms. The maximum atomic E-state index is 13.3. The normalized spacial score (nSPS) is 14.7. The highest BCUT2D eigenvalue weighted by molar-refractivity contribution is 5.91. The summed E-state index contributed by atoms with van der Waals surface area (Å²) in [4.78, 5) is 27.4.